The van der Waals surface area contributed by atoms with Crippen LogP contribution in [0.25, 0.3) is 0 Å². The average molecular weight is 348 g/mol. The molecule has 2 N–H and O–H groups in total. The number of carbonyl (C=O) groups excluding carboxylic acids is 1. The van der Waals surface area contributed by atoms with Gasteiger partial charge in [0.2, 0.25) is 0 Å². The molecule has 0 aliphatic heterocycles. The molecule has 0 radical (unpaired) electrons. The molecule has 1 fully saturated rings. The summed E-state index contributed by atoms with van der Waals surface area (Å²) >= 11 is 0. The Kier molecular flexibility index (Phi) is 5.85. The Labute approximate surface area is 126 Å². The number of aliphatic hydroxyl groups excluding tert-OH is 1. The van der Waals surface area contributed by atoms with Crippen molar-refractivity contribution in [2.75, 3.05) is 0 Å². The van der Waals surface area contributed by atoms with Gasteiger partial charge in [-0.2, -0.15) is 21.6 Å². The van der Waals surface area contributed by atoms with E-state index in [9.17, 15) is 31.5 Å². The third-order valence-corrected chi connectivity index (χ3v) is 5.24. The van der Waals surface area contributed by atoms with Crippen LogP contribution in [0, 0.1) is 0 Å². The van der Waals surface area contributed by atoms with Crippen LogP contribution in [0.3, 0.4) is 0 Å². The van der Waals surface area contributed by atoms with Crippen LogP contribution in [0.5, 0.6) is 0 Å². The Morgan fingerprint density at radius 2 is 1.82 bits per heavy atom. The Balaban J connectivity index is 3.18. The third-order valence-electron chi connectivity index (χ3n) is 3.76. The predicted molar refractivity (Wildman–Crippen MR) is 69.6 cm³/mol. The van der Waals surface area contributed by atoms with Gasteiger partial charge in [-0.15, -0.1) is 0 Å². The minimum absolute atomic E-state index is 0.137. The Bertz CT molecular complexity index is 503. The molecule has 22 heavy (non-hydrogen) atoms. The molecule has 0 aromatic rings. The molecule has 6 nitrogen and oxygen atoms in total. The zero-order valence-electron chi connectivity index (χ0n) is 12.0. The van der Waals surface area contributed by atoms with Crippen molar-refractivity contribution in [3.63, 3.8) is 0 Å². The first-order chi connectivity index (χ1) is 9.97. The van der Waals surface area contributed by atoms with E-state index in [2.05, 4.69) is 4.74 Å². The Morgan fingerprint density at radius 1 is 1.27 bits per heavy atom. The monoisotopic (exact) mass is 348 g/mol. The quantitative estimate of drug-likeness (QED) is 0.581. The van der Waals surface area contributed by atoms with Crippen LogP contribution >= 0.6 is 0 Å². The van der Waals surface area contributed by atoms with Crippen molar-refractivity contribution in [2.24, 2.45) is 0 Å². The summed E-state index contributed by atoms with van der Waals surface area (Å²) in [6.07, 6.45) is -7.81. The molecule has 0 heterocycles. The van der Waals surface area contributed by atoms with E-state index >= 15 is 0 Å². The minimum atomic E-state index is -5.80. The van der Waals surface area contributed by atoms with Crippen LogP contribution < -0.4 is 0 Å². The van der Waals surface area contributed by atoms with Gasteiger partial charge in [-0.1, -0.05) is 19.8 Å². The number of ether oxygens (including phenoxy) is 1. The highest BCUT2D eigenvalue weighted by atomic mass is 32.2. The molecule has 1 rings (SSSR count). The maximum Gasteiger partial charge on any atom is 0.421 e. The molecular weight excluding hydrogens is 329 g/mol. The van der Waals surface area contributed by atoms with E-state index in [0.717, 1.165) is 0 Å². The Hall–Kier alpha value is -0.870. The molecule has 1 aliphatic carbocycles. The number of esters is 1. The molecule has 3 unspecified atom stereocenters. The summed E-state index contributed by atoms with van der Waals surface area (Å²) in [4.78, 5) is 12.0. The molecule has 3 atom stereocenters. The summed E-state index contributed by atoms with van der Waals surface area (Å²) in [7, 11) is -5.80. The second-order valence-electron chi connectivity index (χ2n) is 5.35. The molecule has 1 aliphatic rings. The van der Waals surface area contributed by atoms with Gasteiger partial charge in [-0.25, -0.2) is 4.79 Å². The molecule has 0 amide bonds. The van der Waals surface area contributed by atoms with Crippen molar-refractivity contribution in [2.45, 2.75) is 68.6 Å². The van der Waals surface area contributed by atoms with Crippen molar-refractivity contribution in [3.8, 4) is 0 Å². The molecule has 1 saturated carbocycles. The lowest BCUT2D eigenvalue weighted by atomic mass is 9.94. The van der Waals surface area contributed by atoms with E-state index in [1.807, 2.05) is 0 Å². The Morgan fingerprint density at radius 3 is 2.23 bits per heavy atom. The van der Waals surface area contributed by atoms with Crippen LogP contribution in [-0.4, -0.2) is 47.2 Å². The third kappa shape index (κ3) is 3.54. The number of alkyl halides is 3. The highest BCUT2D eigenvalue weighted by Gasteiger charge is 2.70. The summed E-state index contributed by atoms with van der Waals surface area (Å²) in [5.74, 6) is -2.09. The second kappa shape index (κ2) is 6.71. The van der Waals surface area contributed by atoms with Crippen molar-refractivity contribution >= 4 is 16.1 Å². The van der Waals surface area contributed by atoms with Gasteiger partial charge < -0.3 is 9.84 Å². The van der Waals surface area contributed by atoms with Crippen LogP contribution in [-0.2, 0) is 19.6 Å². The average Bonchev–Trinajstić information content (AvgIpc) is 2.35. The molecular formula is C12H19F3O6S. The van der Waals surface area contributed by atoms with Gasteiger partial charge >= 0.3 is 12.1 Å². The molecule has 0 aromatic heterocycles. The highest BCUT2D eigenvalue weighted by molar-refractivity contribution is 7.88. The SMILES string of the molecule is CCCC(C(=O)OC1CCCCC1O)(C(F)(F)F)S(=O)(=O)O. The normalized spacial score (nSPS) is 26.3. The van der Waals surface area contributed by atoms with Crippen molar-refractivity contribution in [3.05, 3.63) is 0 Å². The smallest absolute Gasteiger partial charge is 0.421 e. The molecule has 0 bridgehead atoms. The standard InChI is InChI=1S/C12H19F3O6S/c1-2-7-11(12(13,14)15,22(18,19)20)10(17)21-9-6-4-3-5-8(9)16/h8-9,16H,2-7H2,1H3,(H,18,19,20). The number of hydrogen-bond acceptors (Lipinski definition) is 5. The summed E-state index contributed by atoms with van der Waals surface area (Å²) in [6, 6.07) is 0. The van der Waals surface area contributed by atoms with Gasteiger partial charge in [0.25, 0.3) is 14.9 Å². The van der Waals surface area contributed by atoms with Gasteiger partial charge in [-0.3, -0.25) is 4.55 Å². The maximum atomic E-state index is 13.3. The number of carbonyl (C=O) groups is 1. The van der Waals surface area contributed by atoms with Crippen LogP contribution in [0.2, 0.25) is 0 Å². The fourth-order valence-corrected chi connectivity index (χ4v) is 3.55. The van der Waals surface area contributed by atoms with E-state index in [4.69, 9.17) is 4.55 Å². The van der Waals surface area contributed by atoms with Crippen LogP contribution in [0.1, 0.15) is 45.4 Å². The van der Waals surface area contributed by atoms with Crippen molar-refractivity contribution < 1.29 is 40.8 Å². The minimum Gasteiger partial charge on any atom is -0.458 e. The lowest BCUT2D eigenvalue weighted by molar-refractivity contribution is -0.198. The first-order valence-corrected chi connectivity index (χ1v) is 8.34. The predicted octanol–water partition coefficient (Wildman–Crippen LogP) is 1.82. The van der Waals surface area contributed by atoms with Gasteiger partial charge in [0.05, 0.1) is 6.10 Å². The second-order valence-corrected chi connectivity index (χ2v) is 6.99. The number of hydrogen-bond donors (Lipinski definition) is 2. The molecule has 0 spiro atoms. The van der Waals surface area contributed by atoms with Gasteiger partial charge in [0.1, 0.15) is 6.10 Å². The van der Waals surface area contributed by atoms with E-state index in [-0.39, 0.29) is 19.3 Å². The van der Waals surface area contributed by atoms with Crippen LogP contribution in [0.4, 0.5) is 13.2 Å². The summed E-state index contributed by atoms with van der Waals surface area (Å²) < 4.78 is 72.1. The topological polar surface area (TPSA) is 101 Å². The largest absolute Gasteiger partial charge is 0.458 e. The fraction of sp³-hybridized carbons (Fsp3) is 0.917. The lowest BCUT2D eigenvalue weighted by Crippen LogP contribution is -2.59. The zero-order valence-corrected chi connectivity index (χ0v) is 12.8. The summed E-state index contributed by atoms with van der Waals surface area (Å²) in [5.41, 5.74) is 0. The lowest BCUT2D eigenvalue weighted by Gasteiger charge is -2.34. The van der Waals surface area contributed by atoms with E-state index in [1.54, 1.807) is 0 Å². The highest BCUT2D eigenvalue weighted by Crippen LogP contribution is 2.42. The van der Waals surface area contributed by atoms with Gasteiger partial charge in [0, 0.05) is 0 Å². The molecule has 130 valence electrons. The van der Waals surface area contributed by atoms with Gasteiger partial charge in [-0.05, 0) is 25.7 Å². The van der Waals surface area contributed by atoms with E-state index in [1.165, 1.54) is 6.92 Å². The fourth-order valence-electron chi connectivity index (χ4n) is 2.54. The number of aliphatic hydroxyl groups is 1. The van der Waals surface area contributed by atoms with Crippen LogP contribution in [0.15, 0.2) is 0 Å². The number of halogens is 3. The summed E-state index contributed by atoms with van der Waals surface area (Å²) in [5, 5.41) is 9.65. The molecule has 0 saturated heterocycles. The van der Waals surface area contributed by atoms with Crippen molar-refractivity contribution in [1.29, 1.82) is 0 Å². The van der Waals surface area contributed by atoms with Gasteiger partial charge in [0.15, 0.2) is 0 Å². The first kappa shape index (κ1) is 19.2. The molecule has 0 aromatic carbocycles. The summed E-state index contributed by atoms with van der Waals surface area (Å²) in [6.45, 7) is 1.24. The maximum absolute atomic E-state index is 13.3. The first-order valence-electron chi connectivity index (χ1n) is 6.90. The molecule has 10 heteroatoms. The zero-order chi connectivity index (χ0) is 17.2. The van der Waals surface area contributed by atoms with E-state index < -0.39 is 45.6 Å². The van der Waals surface area contributed by atoms with Crippen molar-refractivity contribution in [1.82, 2.24) is 0 Å². The number of rotatable bonds is 5. The van der Waals surface area contributed by atoms with E-state index in [0.29, 0.717) is 12.8 Å².